The standard InChI is InChI=1S/C15H21N3OS/c1-11(2)12-6-8-13(9-7-12)19-10-4-5-14-16-17-15(20)18(14)3/h6-9,11H,4-5,10H2,1-3H3,(H,17,20). The molecule has 1 aromatic carbocycles. The van der Waals surface area contributed by atoms with Gasteiger partial charge in [0.2, 0.25) is 0 Å². The summed E-state index contributed by atoms with van der Waals surface area (Å²) >= 11 is 5.08. The van der Waals surface area contributed by atoms with Crippen molar-refractivity contribution < 1.29 is 4.74 Å². The van der Waals surface area contributed by atoms with E-state index in [1.165, 1.54) is 5.56 Å². The van der Waals surface area contributed by atoms with E-state index in [-0.39, 0.29) is 0 Å². The average molecular weight is 291 g/mol. The van der Waals surface area contributed by atoms with Gasteiger partial charge in [-0.2, -0.15) is 5.10 Å². The lowest BCUT2D eigenvalue weighted by atomic mass is 10.0. The highest BCUT2D eigenvalue weighted by molar-refractivity contribution is 7.71. The summed E-state index contributed by atoms with van der Waals surface area (Å²) in [6.45, 7) is 5.06. The first kappa shape index (κ1) is 14.8. The van der Waals surface area contributed by atoms with Crippen LogP contribution in [0.4, 0.5) is 0 Å². The number of aromatic nitrogens is 3. The van der Waals surface area contributed by atoms with E-state index >= 15 is 0 Å². The lowest BCUT2D eigenvalue weighted by molar-refractivity contribution is 0.309. The number of nitrogens with zero attached hydrogens (tertiary/aromatic N) is 2. The van der Waals surface area contributed by atoms with Gasteiger partial charge < -0.3 is 9.30 Å². The van der Waals surface area contributed by atoms with Crippen LogP contribution >= 0.6 is 12.2 Å². The molecule has 2 rings (SSSR count). The Balaban J connectivity index is 1.78. The fourth-order valence-corrected chi connectivity index (χ4v) is 2.12. The molecule has 5 heteroatoms. The minimum Gasteiger partial charge on any atom is -0.494 e. The summed E-state index contributed by atoms with van der Waals surface area (Å²) in [4.78, 5) is 0. The maximum absolute atomic E-state index is 5.74. The molecule has 0 bridgehead atoms. The van der Waals surface area contributed by atoms with Crippen molar-refractivity contribution in [3.63, 3.8) is 0 Å². The van der Waals surface area contributed by atoms with Gasteiger partial charge in [0.25, 0.3) is 0 Å². The highest BCUT2D eigenvalue weighted by Crippen LogP contribution is 2.18. The van der Waals surface area contributed by atoms with Crippen LogP contribution in [0.25, 0.3) is 0 Å². The minimum absolute atomic E-state index is 0.552. The van der Waals surface area contributed by atoms with Crippen molar-refractivity contribution in [1.82, 2.24) is 14.8 Å². The Morgan fingerprint density at radius 3 is 2.55 bits per heavy atom. The molecular formula is C15H21N3OS. The number of rotatable bonds is 6. The van der Waals surface area contributed by atoms with Gasteiger partial charge in [-0.05, 0) is 42.3 Å². The summed E-state index contributed by atoms with van der Waals surface area (Å²) in [7, 11) is 1.92. The quantitative estimate of drug-likeness (QED) is 0.653. The van der Waals surface area contributed by atoms with Gasteiger partial charge in [0.15, 0.2) is 4.77 Å². The third-order valence-corrected chi connectivity index (χ3v) is 3.70. The Morgan fingerprint density at radius 2 is 2.00 bits per heavy atom. The van der Waals surface area contributed by atoms with Crippen molar-refractivity contribution in [2.45, 2.75) is 32.6 Å². The molecule has 0 saturated heterocycles. The Labute approximate surface area is 124 Å². The number of hydrogen-bond acceptors (Lipinski definition) is 3. The van der Waals surface area contributed by atoms with Crippen molar-refractivity contribution in [1.29, 1.82) is 0 Å². The lowest BCUT2D eigenvalue weighted by Crippen LogP contribution is -2.03. The molecule has 1 heterocycles. The molecule has 0 saturated carbocycles. The summed E-state index contributed by atoms with van der Waals surface area (Å²) in [6.07, 6.45) is 1.77. The first-order chi connectivity index (χ1) is 9.58. The number of aromatic amines is 1. The van der Waals surface area contributed by atoms with Crippen molar-refractivity contribution in [2.24, 2.45) is 7.05 Å². The molecule has 0 radical (unpaired) electrons. The molecule has 2 aromatic rings. The average Bonchev–Trinajstić information content (AvgIpc) is 2.76. The first-order valence-electron chi connectivity index (χ1n) is 6.91. The SMILES string of the molecule is CC(C)c1ccc(OCCCc2n[nH]c(=S)n2C)cc1. The van der Waals surface area contributed by atoms with Crippen LogP contribution in [0.1, 0.15) is 37.6 Å². The van der Waals surface area contributed by atoms with Crippen molar-refractivity contribution in [3.05, 3.63) is 40.4 Å². The van der Waals surface area contributed by atoms with E-state index in [4.69, 9.17) is 17.0 Å². The van der Waals surface area contributed by atoms with E-state index in [0.717, 1.165) is 24.4 Å². The predicted molar refractivity (Wildman–Crippen MR) is 82.7 cm³/mol. The summed E-state index contributed by atoms with van der Waals surface area (Å²) in [6, 6.07) is 8.31. The smallest absolute Gasteiger partial charge is 0.194 e. The number of benzene rings is 1. The van der Waals surface area contributed by atoms with Gasteiger partial charge in [0, 0.05) is 13.5 Å². The lowest BCUT2D eigenvalue weighted by Gasteiger charge is -2.08. The van der Waals surface area contributed by atoms with Crippen molar-refractivity contribution >= 4 is 12.2 Å². The Morgan fingerprint density at radius 1 is 1.30 bits per heavy atom. The van der Waals surface area contributed by atoms with Crippen molar-refractivity contribution in [2.75, 3.05) is 6.61 Å². The summed E-state index contributed by atoms with van der Waals surface area (Å²) in [5, 5.41) is 6.97. The molecule has 0 fully saturated rings. The number of H-pyrrole nitrogens is 1. The third-order valence-electron chi connectivity index (χ3n) is 3.33. The molecule has 0 amide bonds. The number of hydrogen-bond donors (Lipinski definition) is 1. The zero-order valence-corrected chi connectivity index (χ0v) is 13.0. The van der Waals surface area contributed by atoms with E-state index in [1.807, 2.05) is 23.7 Å². The highest BCUT2D eigenvalue weighted by atomic mass is 32.1. The molecule has 0 aliphatic heterocycles. The zero-order chi connectivity index (χ0) is 14.5. The van der Waals surface area contributed by atoms with E-state index < -0.39 is 0 Å². The Bertz CT molecular complexity index is 598. The van der Waals surface area contributed by atoms with Crippen LogP contribution in [0.5, 0.6) is 5.75 Å². The normalized spacial score (nSPS) is 11.0. The van der Waals surface area contributed by atoms with E-state index in [2.05, 4.69) is 36.2 Å². The topological polar surface area (TPSA) is 42.8 Å². The zero-order valence-electron chi connectivity index (χ0n) is 12.2. The van der Waals surface area contributed by atoms with Gasteiger partial charge in [-0.3, -0.25) is 5.10 Å². The molecule has 0 atom stereocenters. The molecule has 0 spiro atoms. The number of ether oxygens (including phenoxy) is 1. The summed E-state index contributed by atoms with van der Waals surface area (Å²) in [5.41, 5.74) is 1.33. The van der Waals surface area contributed by atoms with Gasteiger partial charge in [-0.25, -0.2) is 0 Å². The van der Waals surface area contributed by atoms with Gasteiger partial charge in [0.1, 0.15) is 11.6 Å². The third kappa shape index (κ3) is 3.70. The molecule has 1 N–H and O–H groups in total. The fourth-order valence-electron chi connectivity index (χ4n) is 1.97. The van der Waals surface area contributed by atoms with Crippen LogP contribution in [0.2, 0.25) is 0 Å². The molecule has 1 aromatic heterocycles. The van der Waals surface area contributed by atoms with Crippen LogP contribution in [-0.4, -0.2) is 21.4 Å². The number of aryl methyl sites for hydroxylation is 1. The molecule has 0 aliphatic carbocycles. The van der Waals surface area contributed by atoms with Crippen LogP contribution in [0.15, 0.2) is 24.3 Å². The maximum Gasteiger partial charge on any atom is 0.194 e. The molecule has 0 aliphatic rings. The largest absolute Gasteiger partial charge is 0.494 e. The van der Waals surface area contributed by atoms with Crippen molar-refractivity contribution in [3.8, 4) is 5.75 Å². The maximum atomic E-state index is 5.74. The molecule has 0 unspecified atom stereocenters. The minimum atomic E-state index is 0.552. The first-order valence-corrected chi connectivity index (χ1v) is 7.32. The van der Waals surface area contributed by atoms with Crippen LogP contribution in [0.3, 0.4) is 0 Å². The van der Waals surface area contributed by atoms with E-state index in [0.29, 0.717) is 17.3 Å². The molecule has 4 nitrogen and oxygen atoms in total. The molecule has 20 heavy (non-hydrogen) atoms. The highest BCUT2D eigenvalue weighted by Gasteiger charge is 2.03. The molecule has 108 valence electrons. The Hall–Kier alpha value is -1.62. The second-order valence-electron chi connectivity index (χ2n) is 5.18. The van der Waals surface area contributed by atoms with Crippen LogP contribution in [0, 0.1) is 4.77 Å². The predicted octanol–water partition coefficient (Wildman–Crippen LogP) is 3.61. The monoisotopic (exact) mass is 291 g/mol. The van der Waals surface area contributed by atoms with Gasteiger partial charge in [-0.1, -0.05) is 26.0 Å². The summed E-state index contributed by atoms with van der Waals surface area (Å²) < 4.78 is 8.29. The Kier molecular flexibility index (Phi) is 4.95. The molecular weight excluding hydrogens is 270 g/mol. The van der Waals surface area contributed by atoms with E-state index in [9.17, 15) is 0 Å². The second-order valence-corrected chi connectivity index (χ2v) is 5.57. The number of nitrogens with one attached hydrogen (secondary N) is 1. The van der Waals surface area contributed by atoms with Gasteiger partial charge >= 0.3 is 0 Å². The van der Waals surface area contributed by atoms with E-state index in [1.54, 1.807) is 0 Å². The van der Waals surface area contributed by atoms with Gasteiger partial charge in [0.05, 0.1) is 6.61 Å². The van der Waals surface area contributed by atoms with Gasteiger partial charge in [-0.15, -0.1) is 0 Å². The summed E-state index contributed by atoms with van der Waals surface area (Å²) in [5.74, 6) is 2.44. The second kappa shape index (κ2) is 6.70. The fraction of sp³-hybridized carbons (Fsp3) is 0.467. The van der Waals surface area contributed by atoms with Crippen LogP contribution in [-0.2, 0) is 13.5 Å². The van der Waals surface area contributed by atoms with Crippen LogP contribution < -0.4 is 4.74 Å².